The van der Waals surface area contributed by atoms with Gasteiger partial charge in [-0.15, -0.1) is 11.3 Å². The van der Waals surface area contributed by atoms with E-state index < -0.39 is 0 Å². The molecule has 2 nitrogen and oxygen atoms in total. The fraction of sp³-hybridized carbons (Fsp3) is 0.500. The maximum absolute atomic E-state index is 8.65. The lowest BCUT2D eigenvalue weighted by Gasteiger charge is -1.82. The molecule has 1 aromatic heterocycles. The molecular weight excluding hydrogens is 156 g/mol. The van der Waals surface area contributed by atoms with Crippen molar-refractivity contribution in [1.29, 1.82) is 5.26 Å². The third-order valence-corrected chi connectivity index (χ3v) is 3.07. The number of hydrogen-bond acceptors (Lipinski definition) is 3. The Kier molecular flexibility index (Phi) is 1.43. The lowest BCUT2D eigenvalue weighted by atomic mass is 10.4. The first-order valence-corrected chi connectivity index (χ1v) is 4.50. The maximum Gasteiger partial charge on any atom is 0.127 e. The molecule has 2 rings (SSSR count). The summed E-state index contributed by atoms with van der Waals surface area (Å²) < 4.78 is 0. The van der Waals surface area contributed by atoms with Crippen molar-refractivity contribution in [2.24, 2.45) is 0 Å². The summed E-state index contributed by atoms with van der Waals surface area (Å²) in [5.41, 5.74) is 0.902. The largest absolute Gasteiger partial charge is 0.245 e. The first-order valence-electron chi connectivity index (χ1n) is 3.68. The molecule has 0 unspecified atom stereocenters. The summed E-state index contributed by atoms with van der Waals surface area (Å²) in [4.78, 5) is 5.12. The molecule has 1 aromatic rings. The van der Waals surface area contributed by atoms with Crippen LogP contribution in [0.5, 0.6) is 0 Å². The number of aromatic nitrogens is 1. The summed E-state index contributed by atoms with van der Waals surface area (Å²) >= 11 is 1.56. The molecule has 0 atom stereocenters. The van der Waals surface area contributed by atoms with E-state index in [1.807, 2.05) is 6.92 Å². The SMILES string of the molecule is Cc1nc(C2CC2)sc1C#N. The van der Waals surface area contributed by atoms with Gasteiger partial charge in [0.1, 0.15) is 10.9 Å². The molecule has 0 saturated heterocycles. The van der Waals surface area contributed by atoms with Crippen LogP contribution in [0.1, 0.15) is 34.3 Å². The van der Waals surface area contributed by atoms with Crippen molar-refractivity contribution in [3.05, 3.63) is 15.6 Å². The van der Waals surface area contributed by atoms with Crippen LogP contribution in [0.4, 0.5) is 0 Å². The van der Waals surface area contributed by atoms with Gasteiger partial charge in [-0.2, -0.15) is 5.26 Å². The van der Waals surface area contributed by atoms with E-state index in [-0.39, 0.29) is 0 Å². The third kappa shape index (κ3) is 1.14. The Bertz CT molecular complexity index is 317. The van der Waals surface area contributed by atoms with E-state index >= 15 is 0 Å². The summed E-state index contributed by atoms with van der Waals surface area (Å²) in [5, 5.41) is 9.82. The van der Waals surface area contributed by atoms with Gasteiger partial charge >= 0.3 is 0 Å². The topological polar surface area (TPSA) is 36.7 Å². The standard InChI is InChI=1S/C8H8N2S/c1-5-7(4-9)11-8(10-5)6-2-3-6/h6H,2-3H2,1H3. The molecule has 1 fully saturated rings. The van der Waals surface area contributed by atoms with Gasteiger partial charge in [-0.1, -0.05) is 0 Å². The summed E-state index contributed by atoms with van der Waals surface area (Å²) in [6.45, 7) is 1.90. The van der Waals surface area contributed by atoms with E-state index in [0.29, 0.717) is 5.92 Å². The number of thiazole rings is 1. The number of aryl methyl sites for hydroxylation is 1. The second-order valence-electron chi connectivity index (χ2n) is 2.85. The fourth-order valence-corrected chi connectivity index (χ4v) is 2.06. The summed E-state index contributed by atoms with van der Waals surface area (Å²) in [6.07, 6.45) is 2.52. The van der Waals surface area contributed by atoms with Crippen LogP contribution >= 0.6 is 11.3 Å². The molecule has 56 valence electrons. The molecule has 0 aliphatic heterocycles. The molecule has 0 N–H and O–H groups in total. The quantitative estimate of drug-likeness (QED) is 0.638. The molecule has 11 heavy (non-hydrogen) atoms. The Hall–Kier alpha value is -0.880. The van der Waals surface area contributed by atoms with Gasteiger partial charge in [-0.25, -0.2) is 4.98 Å². The van der Waals surface area contributed by atoms with Crippen molar-refractivity contribution >= 4 is 11.3 Å². The third-order valence-electron chi connectivity index (χ3n) is 1.84. The lowest BCUT2D eigenvalue weighted by Crippen LogP contribution is -1.76. The number of rotatable bonds is 1. The maximum atomic E-state index is 8.65. The highest BCUT2D eigenvalue weighted by Gasteiger charge is 2.27. The molecule has 0 radical (unpaired) electrons. The lowest BCUT2D eigenvalue weighted by molar-refractivity contribution is 1.05. The van der Waals surface area contributed by atoms with Gasteiger partial charge in [0.2, 0.25) is 0 Å². The van der Waals surface area contributed by atoms with E-state index in [2.05, 4.69) is 11.1 Å². The van der Waals surface area contributed by atoms with Crippen LogP contribution in [0.3, 0.4) is 0 Å². The molecule has 3 heteroatoms. The van der Waals surface area contributed by atoms with Crippen LogP contribution in [-0.2, 0) is 0 Å². The van der Waals surface area contributed by atoms with Gasteiger partial charge in [0.05, 0.1) is 10.7 Å². The average molecular weight is 164 g/mol. The van der Waals surface area contributed by atoms with Crippen LogP contribution in [0.25, 0.3) is 0 Å². The van der Waals surface area contributed by atoms with Crippen LogP contribution in [0.2, 0.25) is 0 Å². The van der Waals surface area contributed by atoms with Crippen LogP contribution in [0, 0.1) is 18.3 Å². The van der Waals surface area contributed by atoms with Gasteiger partial charge in [0, 0.05) is 5.92 Å². The van der Waals surface area contributed by atoms with Gasteiger partial charge in [0.15, 0.2) is 0 Å². The predicted octanol–water partition coefficient (Wildman–Crippen LogP) is 2.20. The molecule has 0 amide bonds. The van der Waals surface area contributed by atoms with Crippen molar-refractivity contribution in [3.63, 3.8) is 0 Å². The van der Waals surface area contributed by atoms with E-state index in [1.165, 1.54) is 17.8 Å². The summed E-state index contributed by atoms with van der Waals surface area (Å²) in [5.74, 6) is 0.681. The van der Waals surface area contributed by atoms with E-state index in [4.69, 9.17) is 5.26 Å². The summed E-state index contributed by atoms with van der Waals surface area (Å²) in [6, 6.07) is 2.15. The average Bonchev–Trinajstić information content (AvgIpc) is 2.76. The predicted molar refractivity (Wildman–Crippen MR) is 43.5 cm³/mol. The van der Waals surface area contributed by atoms with Gasteiger partial charge in [-0.05, 0) is 19.8 Å². The number of nitriles is 1. The molecule has 0 spiro atoms. The van der Waals surface area contributed by atoms with Crippen molar-refractivity contribution in [2.75, 3.05) is 0 Å². The minimum absolute atomic E-state index is 0.681. The Morgan fingerprint density at radius 1 is 1.64 bits per heavy atom. The molecule has 1 aliphatic carbocycles. The van der Waals surface area contributed by atoms with Crippen molar-refractivity contribution < 1.29 is 0 Å². The first-order chi connectivity index (χ1) is 5.31. The Morgan fingerprint density at radius 2 is 2.36 bits per heavy atom. The molecule has 1 heterocycles. The highest BCUT2D eigenvalue weighted by atomic mass is 32.1. The molecule has 0 bridgehead atoms. The van der Waals surface area contributed by atoms with Gasteiger partial charge in [-0.3, -0.25) is 0 Å². The van der Waals surface area contributed by atoms with Gasteiger partial charge in [0.25, 0.3) is 0 Å². The molecular formula is C8H8N2S. The van der Waals surface area contributed by atoms with E-state index in [0.717, 1.165) is 10.6 Å². The Balaban J connectivity index is 2.38. The minimum Gasteiger partial charge on any atom is -0.245 e. The number of hydrogen-bond donors (Lipinski definition) is 0. The van der Waals surface area contributed by atoms with Crippen molar-refractivity contribution in [2.45, 2.75) is 25.7 Å². The Labute approximate surface area is 69.5 Å². The van der Waals surface area contributed by atoms with Crippen molar-refractivity contribution in [1.82, 2.24) is 4.98 Å². The van der Waals surface area contributed by atoms with Crippen LogP contribution in [-0.4, -0.2) is 4.98 Å². The molecule has 0 aromatic carbocycles. The monoisotopic (exact) mass is 164 g/mol. The smallest absolute Gasteiger partial charge is 0.127 e. The minimum atomic E-state index is 0.681. The summed E-state index contributed by atoms with van der Waals surface area (Å²) in [7, 11) is 0. The normalized spacial score (nSPS) is 16.4. The Morgan fingerprint density at radius 3 is 2.82 bits per heavy atom. The van der Waals surface area contributed by atoms with Crippen molar-refractivity contribution in [3.8, 4) is 6.07 Å². The highest BCUT2D eigenvalue weighted by molar-refractivity contribution is 7.12. The van der Waals surface area contributed by atoms with Gasteiger partial charge < -0.3 is 0 Å². The fourth-order valence-electron chi connectivity index (χ4n) is 1.03. The highest BCUT2D eigenvalue weighted by Crippen LogP contribution is 2.42. The molecule has 1 aliphatic rings. The van der Waals surface area contributed by atoms with E-state index in [9.17, 15) is 0 Å². The van der Waals surface area contributed by atoms with E-state index in [1.54, 1.807) is 11.3 Å². The molecule has 1 saturated carbocycles. The second-order valence-corrected chi connectivity index (χ2v) is 3.88. The zero-order valence-electron chi connectivity index (χ0n) is 6.29. The zero-order valence-corrected chi connectivity index (χ0v) is 7.11. The van der Waals surface area contributed by atoms with Crippen LogP contribution in [0.15, 0.2) is 0 Å². The van der Waals surface area contributed by atoms with Crippen LogP contribution < -0.4 is 0 Å². The number of nitrogens with zero attached hydrogens (tertiary/aromatic N) is 2. The second kappa shape index (κ2) is 2.31. The first kappa shape index (κ1) is 6.81. The zero-order chi connectivity index (χ0) is 7.84.